The van der Waals surface area contributed by atoms with E-state index < -0.39 is 5.54 Å². The number of nitrogens with one attached hydrogen (secondary N) is 8. The Balaban J connectivity index is 7.22. The fourth-order valence-corrected chi connectivity index (χ4v) is 10.0. The molecule has 0 aliphatic rings. The SMILES string of the molecule is NC(N)CCNCCCC(NCCCC(N)(CCCNCCC(N)N)CCCNCCC(N)N)C(CCCNCCC(N)N)(CCCNCCC(N)N)C(N)(CCCNCCC(N)N)CCCNCCC(N)N. The first-order valence-electron chi connectivity index (χ1n) is 28.6. The van der Waals surface area contributed by atoms with Gasteiger partial charge in [-0.15, -0.1) is 0 Å². The maximum absolute atomic E-state index is 8.25. The maximum atomic E-state index is 8.25. The van der Waals surface area contributed by atoms with E-state index in [0.717, 1.165) is 214 Å². The standard InChI is InChI=1S/C49H124N24/c50-40(51)10-32-66-24-1-9-39(73-31-4-19-47(64,17-2-25-67-33-11-41(52)53)18-3-26-68-34-12-42(54)55)48(20-5-27-69-35-13-43(56)57,21-6-28-70-36-14-44(58)59)49(65,22-7-29-71-37-15-45(60)61)23-8-30-72-38-16-46(62)63/h39-46,66-73H,1-38,50-65H2. The van der Waals surface area contributed by atoms with Crippen LogP contribution < -0.4 is 134 Å². The first-order chi connectivity index (χ1) is 34.8. The first-order valence-corrected chi connectivity index (χ1v) is 28.6. The van der Waals surface area contributed by atoms with Crippen molar-refractivity contribution < 1.29 is 0 Å². The lowest BCUT2D eigenvalue weighted by Crippen LogP contribution is -2.64. The first kappa shape index (κ1) is 72.0. The molecule has 1 unspecified atom stereocenters. The average molecular weight is 1050 g/mol. The molecule has 0 aromatic heterocycles. The molecule has 1 atom stereocenters. The van der Waals surface area contributed by atoms with Gasteiger partial charge in [-0.3, -0.25) is 0 Å². The Kier molecular flexibility index (Phi) is 45.4. The van der Waals surface area contributed by atoms with Gasteiger partial charge in [-0.05, 0) is 246 Å². The molecule has 0 saturated carbocycles. The van der Waals surface area contributed by atoms with Crippen molar-refractivity contribution in [3.8, 4) is 0 Å². The molecular formula is C49H124N24. The Hall–Kier alpha value is -0.960. The smallest absolute Gasteiger partial charge is 0.0533 e. The van der Waals surface area contributed by atoms with Gasteiger partial charge in [0.1, 0.15) is 0 Å². The van der Waals surface area contributed by atoms with Crippen LogP contribution in [0.3, 0.4) is 0 Å². The predicted octanol–water partition coefficient (Wildman–Crippen LogP) is -4.87. The highest BCUT2D eigenvalue weighted by Crippen LogP contribution is 2.48. The summed E-state index contributed by atoms with van der Waals surface area (Å²) >= 11 is 0. The topological polar surface area (TPSA) is 513 Å². The molecule has 440 valence electrons. The van der Waals surface area contributed by atoms with Crippen LogP contribution in [-0.2, 0) is 0 Å². The van der Waals surface area contributed by atoms with Gasteiger partial charge >= 0.3 is 0 Å². The van der Waals surface area contributed by atoms with E-state index in [1.807, 2.05) is 0 Å². The highest BCUT2D eigenvalue weighted by molar-refractivity contribution is 5.09. The van der Waals surface area contributed by atoms with E-state index in [1.165, 1.54) is 0 Å². The third-order valence-electron chi connectivity index (χ3n) is 14.3. The Bertz CT molecular complexity index is 1120. The molecule has 0 aromatic carbocycles. The van der Waals surface area contributed by atoms with E-state index in [1.54, 1.807) is 0 Å². The normalized spacial score (nSPS) is 13.5. The van der Waals surface area contributed by atoms with Crippen LogP contribution in [0.15, 0.2) is 0 Å². The second kappa shape index (κ2) is 46.0. The van der Waals surface area contributed by atoms with Crippen LogP contribution in [0, 0.1) is 5.41 Å². The van der Waals surface area contributed by atoms with E-state index in [2.05, 4.69) is 42.5 Å². The van der Waals surface area contributed by atoms with E-state index >= 15 is 0 Å². The van der Waals surface area contributed by atoms with Gasteiger partial charge in [0.25, 0.3) is 0 Å². The highest BCUT2D eigenvalue weighted by Gasteiger charge is 2.51. The van der Waals surface area contributed by atoms with E-state index in [-0.39, 0.29) is 60.2 Å². The van der Waals surface area contributed by atoms with Crippen molar-refractivity contribution in [1.82, 2.24) is 42.5 Å². The molecule has 0 aliphatic carbocycles. The molecule has 0 aliphatic heterocycles. The van der Waals surface area contributed by atoms with Crippen LogP contribution in [0.25, 0.3) is 0 Å². The number of hydrogen-bond acceptors (Lipinski definition) is 24. The lowest BCUT2D eigenvalue weighted by molar-refractivity contribution is 0.0199. The summed E-state index contributed by atoms with van der Waals surface area (Å²) in [6, 6.07) is 0.0841. The molecule has 0 saturated heterocycles. The van der Waals surface area contributed by atoms with Gasteiger partial charge in [-0.25, -0.2) is 0 Å². The van der Waals surface area contributed by atoms with Crippen molar-refractivity contribution in [2.24, 2.45) is 97.2 Å². The molecule has 24 heteroatoms. The largest absolute Gasteiger partial charge is 0.325 e. The summed E-state index contributed by atoms with van der Waals surface area (Å²) in [7, 11) is 0. The molecule has 0 amide bonds. The Morgan fingerprint density at radius 1 is 0.247 bits per heavy atom. The van der Waals surface area contributed by atoms with Crippen molar-refractivity contribution in [3.05, 3.63) is 0 Å². The summed E-state index contributed by atoms with van der Waals surface area (Å²) in [6.07, 6.45) is 17.1. The second-order valence-electron chi connectivity index (χ2n) is 21.5. The second-order valence-corrected chi connectivity index (χ2v) is 21.5. The van der Waals surface area contributed by atoms with E-state index in [0.29, 0.717) is 32.1 Å². The van der Waals surface area contributed by atoms with E-state index in [4.69, 9.17) is 91.7 Å². The van der Waals surface area contributed by atoms with Crippen molar-refractivity contribution >= 4 is 0 Å². The minimum atomic E-state index is -0.555. The molecule has 0 aromatic rings. The molecule has 73 heavy (non-hydrogen) atoms. The van der Waals surface area contributed by atoms with Crippen LogP contribution in [0.1, 0.15) is 148 Å². The van der Waals surface area contributed by atoms with Crippen molar-refractivity contribution in [3.63, 3.8) is 0 Å². The maximum Gasteiger partial charge on any atom is 0.0533 e. The fraction of sp³-hybridized carbons (Fsp3) is 1.00. The predicted molar refractivity (Wildman–Crippen MR) is 309 cm³/mol. The monoisotopic (exact) mass is 1050 g/mol. The van der Waals surface area contributed by atoms with Crippen LogP contribution in [0.2, 0.25) is 0 Å². The summed E-state index contributed by atoms with van der Waals surface area (Å²) in [5.74, 6) is 0. The molecule has 24 nitrogen and oxygen atoms in total. The number of rotatable bonds is 56. The summed E-state index contributed by atoms with van der Waals surface area (Å²) in [5.41, 5.74) is 97.0. The van der Waals surface area contributed by atoms with Gasteiger partial charge in [0, 0.05) is 22.5 Å². The van der Waals surface area contributed by atoms with Crippen LogP contribution in [0.4, 0.5) is 0 Å². The van der Waals surface area contributed by atoms with Gasteiger partial charge in [0.2, 0.25) is 0 Å². The lowest BCUT2D eigenvalue weighted by Gasteiger charge is -2.55. The third-order valence-corrected chi connectivity index (χ3v) is 14.3. The van der Waals surface area contributed by atoms with Gasteiger partial charge in [0.15, 0.2) is 0 Å². The molecule has 0 radical (unpaired) electrons. The zero-order chi connectivity index (χ0) is 54.6. The average Bonchev–Trinajstić information content (AvgIpc) is 3.31. The highest BCUT2D eigenvalue weighted by atomic mass is 15.0. The van der Waals surface area contributed by atoms with Crippen molar-refractivity contribution in [2.45, 2.75) is 208 Å². The Morgan fingerprint density at radius 2 is 0.479 bits per heavy atom. The zero-order valence-electron chi connectivity index (χ0n) is 46.2. The minimum absolute atomic E-state index is 0.0841. The summed E-state index contributed by atoms with van der Waals surface area (Å²) in [4.78, 5) is 0. The minimum Gasteiger partial charge on any atom is -0.325 e. The van der Waals surface area contributed by atoms with Gasteiger partial charge in [-0.1, -0.05) is 0 Å². The van der Waals surface area contributed by atoms with Crippen LogP contribution >= 0.6 is 0 Å². The fourth-order valence-electron chi connectivity index (χ4n) is 10.0. The molecule has 0 fully saturated rings. The van der Waals surface area contributed by atoms with Gasteiger partial charge in [-0.2, -0.15) is 0 Å². The van der Waals surface area contributed by atoms with Gasteiger partial charge < -0.3 is 134 Å². The molecular weight excluding hydrogens is 925 g/mol. The van der Waals surface area contributed by atoms with Crippen molar-refractivity contribution in [2.75, 3.05) is 98.2 Å². The number of nitrogens with two attached hydrogens (primary N) is 16. The summed E-state index contributed by atoms with van der Waals surface area (Å²) < 4.78 is 0. The third kappa shape index (κ3) is 40.9. The molecule has 0 rings (SSSR count). The lowest BCUT2D eigenvalue weighted by atomic mass is 9.56. The van der Waals surface area contributed by atoms with Gasteiger partial charge in [0.05, 0.1) is 43.2 Å². The van der Waals surface area contributed by atoms with Crippen LogP contribution in [0.5, 0.6) is 0 Å². The molecule has 0 heterocycles. The number of hydrogen-bond donors (Lipinski definition) is 24. The molecule has 0 spiro atoms. The Morgan fingerprint density at radius 3 is 0.753 bits per heavy atom. The van der Waals surface area contributed by atoms with Crippen LogP contribution in [-0.4, -0.2) is 158 Å². The summed E-state index contributed by atoms with van der Waals surface area (Å²) in [5, 5.41) is 29.3. The quantitative estimate of drug-likeness (QED) is 0.0201. The van der Waals surface area contributed by atoms with E-state index in [9.17, 15) is 0 Å². The Labute approximate surface area is 444 Å². The molecule has 40 N–H and O–H groups in total. The van der Waals surface area contributed by atoms with Crippen molar-refractivity contribution in [1.29, 1.82) is 0 Å². The molecule has 0 bridgehead atoms. The summed E-state index contributed by atoms with van der Waals surface area (Å²) in [6.45, 7) is 11.9. The zero-order valence-corrected chi connectivity index (χ0v) is 46.2.